The monoisotopic (exact) mass is 447 g/mol. The van der Waals surface area contributed by atoms with Crippen LogP contribution in [0, 0.1) is 0 Å². The van der Waals surface area contributed by atoms with Gasteiger partial charge >= 0.3 is 0 Å². The van der Waals surface area contributed by atoms with Crippen LogP contribution < -0.4 is 9.62 Å². The zero-order valence-corrected chi connectivity index (χ0v) is 18.1. The number of nitrogens with zero attached hydrogens (tertiary/aromatic N) is 4. The number of pyridine rings is 1. The first-order chi connectivity index (χ1) is 15.5. The van der Waals surface area contributed by atoms with E-state index in [1.165, 1.54) is 28.6 Å². The van der Waals surface area contributed by atoms with Gasteiger partial charge in [-0.05, 0) is 61.5 Å². The molecule has 0 aliphatic rings. The van der Waals surface area contributed by atoms with Gasteiger partial charge in [0.25, 0.3) is 15.9 Å². The lowest BCUT2D eigenvalue weighted by Gasteiger charge is -2.23. The molecule has 4 rings (SSSR count). The number of carbonyl (C=O) groups is 1. The van der Waals surface area contributed by atoms with Crippen molar-refractivity contribution in [2.45, 2.75) is 11.8 Å². The van der Waals surface area contributed by atoms with E-state index in [4.69, 9.17) is 0 Å². The molecule has 2 aromatic heterocycles. The van der Waals surface area contributed by atoms with E-state index in [1.54, 1.807) is 72.7 Å². The van der Waals surface area contributed by atoms with Crippen molar-refractivity contribution >= 4 is 27.3 Å². The van der Waals surface area contributed by atoms with Crippen LogP contribution in [0.25, 0.3) is 5.82 Å². The molecule has 8 nitrogen and oxygen atoms in total. The number of amides is 1. The van der Waals surface area contributed by atoms with Gasteiger partial charge in [-0.3, -0.25) is 9.10 Å². The number of rotatable bonds is 7. The van der Waals surface area contributed by atoms with E-state index in [9.17, 15) is 13.2 Å². The van der Waals surface area contributed by atoms with E-state index >= 15 is 0 Å². The lowest BCUT2D eigenvalue weighted by molar-refractivity contribution is 0.102. The van der Waals surface area contributed by atoms with Gasteiger partial charge in [-0.25, -0.2) is 18.1 Å². The molecule has 2 heterocycles. The third kappa shape index (κ3) is 4.23. The van der Waals surface area contributed by atoms with Crippen LogP contribution in [0.3, 0.4) is 0 Å². The Balaban J connectivity index is 1.56. The van der Waals surface area contributed by atoms with Crippen LogP contribution >= 0.6 is 0 Å². The number of carbonyl (C=O) groups excluding carboxylic acids is 1. The number of para-hydroxylation sites is 1. The minimum absolute atomic E-state index is 0.110. The first-order valence-corrected chi connectivity index (χ1v) is 11.4. The fraction of sp³-hybridized carbons (Fsp3) is 0.0870. The molecule has 1 N–H and O–H groups in total. The standard InChI is InChI=1S/C23H21N5O3S/c1-2-28(19-8-4-3-5-9-19)32(30,31)20-13-11-18(12-14-20)23(29)26-21-10-6-15-24-22(21)27-17-7-16-25-27/h3-17H,2H2,1H3,(H,26,29). The summed E-state index contributed by atoms with van der Waals surface area (Å²) in [6.45, 7) is 2.06. The normalized spacial score (nSPS) is 11.2. The molecule has 4 aromatic rings. The second-order valence-electron chi connectivity index (χ2n) is 6.81. The largest absolute Gasteiger partial charge is 0.319 e. The molecule has 0 atom stereocenters. The fourth-order valence-corrected chi connectivity index (χ4v) is 4.73. The molecule has 0 saturated carbocycles. The highest BCUT2D eigenvalue weighted by molar-refractivity contribution is 7.92. The highest BCUT2D eigenvalue weighted by atomic mass is 32.2. The summed E-state index contributed by atoms with van der Waals surface area (Å²) in [5.74, 6) is 0.0947. The van der Waals surface area contributed by atoms with Crippen molar-refractivity contribution in [3.63, 3.8) is 0 Å². The maximum atomic E-state index is 13.1. The summed E-state index contributed by atoms with van der Waals surface area (Å²) >= 11 is 0. The molecule has 0 saturated heterocycles. The summed E-state index contributed by atoms with van der Waals surface area (Å²) < 4.78 is 29.1. The van der Waals surface area contributed by atoms with Gasteiger partial charge in [0.1, 0.15) is 0 Å². The first kappa shape index (κ1) is 21.3. The van der Waals surface area contributed by atoms with E-state index in [0.717, 1.165) is 0 Å². The quantitative estimate of drug-likeness (QED) is 0.466. The van der Waals surface area contributed by atoms with Gasteiger partial charge in [-0.1, -0.05) is 18.2 Å². The summed E-state index contributed by atoms with van der Waals surface area (Å²) in [5, 5.41) is 6.96. The van der Waals surface area contributed by atoms with Gasteiger partial charge < -0.3 is 5.32 Å². The number of sulfonamides is 1. The van der Waals surface area contributed by atoms with Crippen LogP contribution in [0.2, 0.25) is 0 Å². The van der Waals surface area contributed by atoms with E-state index in [0.29, 0.717) is 22.8 Å². The molecule has 1 amide bonds. The zero-order chi connectivity index (χ0) is 22.6. The average Bonchev–Trinajstić information content (AvgIpc) is 3.35. The topological polar surface area (TPSA) is 97.2 Å². The summed E-state index contributed by atoms with van der Waals surface area (Å²) in [6.07, 6.45) is 4.96. The number of hydrogen-bond donors (Lipinski definition) is 1. The lowest BCUT2D eigenvalue weighted by Crippen LogP contribution is -2.30. The molecule has 0 spiro atoms. The number of benzene rings is 2. The Morgan fingerprint density at radius 3 is 2.38 bits per heavy atom. The second-order valence-corrected chi connectivity index (χ2v) is 8.67. The van der Waals surface area contributed by atoms with Gasteiger partial charge in [0.2, 0.25) is 0 Å². The highest BCUT2D eigenvalue weighted by Gasteiger charge is 2.23. The van der Waals surface area contributed by atoms with Crippen LogP contribution in [-0.2, 0) is 10.0 Å². The highest BCUT2D eigenvalue weighted by Crippen LogP contribution is 2.24. The Hall–Kier alpha value is -3.98. The molecule has 0 aliphatic carbocycles. The van der Waals surface area contributed by atoms with Gasteiger partial charge in [0, 0.05) is 30.7 Å². The molecule has 0 fully saturated rings. The number of hydrogen-bond acceptors (Lipinski definition) is 5. The SMILES string of the molecule is CCN(c1ccccc1)S(=O)(=O)c1ccc(C(=O)Nc2cccnc2-n2cccn2)cc1. The van der Waals surface area contributed by atoms with Crippen molar-refractivity contribution in [1.82, 2.24) is 14.8 Å². The summed E-state index contributed by atoms with van der Waals surface area (Å²) in [6, 6.07) is 19.9. The molecule has 0 bridgehead atoms. The molecule has 9 heteroatoms. The molecule has 2 aromatic carbocycles. The van der Waals surface area contributed by atoms with Gasteiger partial charge in [-0.15, -0.1) is 0 Å². The average molecular weight is 448 g/mol. The lowest BCUT2D eigenvalue weighted by atomic mass is 10.2. The third-order valence-electron chi connectivity index (χ3n) is 4.79. The van der Waals surface area contributed by atoms with Crippen molar-refractivity contribution < 1.29 is 13.2 Å². The maximum Gasteiger partial charge on any atom is 0.264 e. The Bertz CT molecular complexity index is 1310. The van der Waals surface area contributed by atoms with Crippen LogP contribution in [0.15, 0.2) is 96.3 Å². The molecule has 0 unspecified atom stereocenters. The molecule has 32 heavy (non-hydrogen) atoms. The maximum absolute atomic E-state index is 13.1. The Labute approximate surface area is 186 Å². The third-order valence-corrected chi connectivity index (χ3v) is 6.71. The molecule has 0 radical (unpaired) electrons. The predicted molar refractivity (Wildman–Crippen MR) is 122 cm³/mol. The van der Waals surface area contributed by atoms with Crippen LogP contribution in [0.1, 0.15) is 17.3 Å². The minimum atomic E-state index is -3.76. The fourth-order valence-electron chi connectivity index (χ4n) is 3.26. The van der Waals surface area contributed by atoms with Gasteiger partial charge in [0.15, 0.2) is 5.82 Å². The number of anilines is 2. The van der Waals surface area contributed by atoms with Crippen LogP contribution in [-0.4, -0.2) is 35.6 Å². The molecule has 162 valence electrons. The van der Waals surface area contributed by atoms with E-state index in [1.807, 2.05) is 6.07 Å². The Morgan fingerprint density at radius 2 is 1.72 bits per heavy atom. The van der Waals surface area contributed by atoms with Crippen molar-refractivity contribution in [2.24, 2.45) is 0 Å². The van der Waals surface area contributed by atoms with Crippen LogP contribution in [0.4, 0.5) is 11.4 Å². The van der Waals surface area contributed by atoms with Crippen molar-refractivity contribution in [2.75, 3.05) is 16.2 Å². The zero-order valence-electron chi connectivity index (χ0n) is 17.3. The van der Waals surface area contributed by atoms with E-state index in [2.05, 4.69) is 15.4 Å². The van der Waals surface area contributed by atoms with Crippen molar-refractivity contribution in [1.29, 1.82) is 0 Å². The minimum Gasteiger partial charge on any atom is -0.319 e. The molecule has 0 aliphatic heterocycles. The first-order valence-electron chi connectivity index (χ1n) is 9.95. The van der Waals surface area contributed by atoms with Crippen molar-refractivity contribution in [3.05, 3.63) is 97.0 Å². The summed E-state index contributed by atoms with van der Waals surface area (Å²) in [7, 11) is -3.76. The summed E-state index contributed by atoms with van der Waals surface area (Å²) in [4.78, 5) is 17.2. The van der Waals surface area contributed by atoms with Gasteiger partial charge in [-0.2, -0.15) is 5.10 Å². The van der Waals surface area contributed by atoms with Gasteiger partial charge in [0.05, 0.1) is 16.3 Å². The Kier molecular flexibility index (Phi) is 6.00. The molecular formula is C23H21N5O3S. The number of aromatic nitrogens is 3. The van der Waals surface area contributed by atoms with E-state index < -0.39 is 10.0 Å². The van der Waals surface area contributed by atoms with Crippen LogP contribution in [0.5, 0.6) is 0 Å². The molecular weight excluding hydrogens is 426 g/mol. The Morgan fingerprint density at radius 1 is 0.969 bits per heavy atom. The second kappa shape index (κ2) is 9.03. The van der Waals surface area contributed by atoms with Crippen molar-refractivity contribution in [3.8, 4) is 5.82 Å². The predicted octanol–water partition coefficient (Wildman–Crippen LogP) is 3.73. The number of nitrogens with one attached hydrogen (secondary N) is 1. The van der Waals surface area contributed by atoms with E-state index in [-0.39, 0.29) is 17.3 Å². The smallest absolute Gasteiger partial charge is 0.264 e. The summed E-state index contributed by atoms with van der Waals surface area (Å²) in [5.41, 5.74) is 1.39.